The molecule has 0 heterocycles. The summed E-state index contributed by atoms with van der Waals surface area (Å²) in [6, 6.07) is 3.83. The molecule has 1 aromatic carbocycles. The molecule has 4 nitrogen and oxygen atoms in total. The van der Waals surface area contributed by atoms with Crippen LogP contribution in [0.4, 0.5) is 0 Å². The number of benzene rings is 1. The largest absolute Gasteiger partial charge is 0.348 e. The van der Waals surface area contributed by atoms with Crippen molar-refractivity contribution >= 4 is 17.5 Å². The van der Waals surface area contributed by atoms with Crippen molar-refractivity contribution in [1.82, 2.24) is 4.90 Å². The van der Waals surface area contributed by atoms with Gasteiger partial charge in [0.05, 0.1) is 5.41 Å². The number of carbonyl (C=O) groups is 3. The third-order valence-corrected chi connectivity index (χ3v) is 4.85. The van der Waals surface area contributed by atoms with Gasteiger partial charge in [0.2, 0.25) is 5.91 Å². The molecular weight excluding hydrogens is 314 g/mol. The van der Waals surface area contributed by atoms with Crippen LogP contribution < -0.4 is 0 Å². The molecule has 132 valence electrons. The summed E-state index contributed by atoms with van der Waals surface area (Å²) < 4.78 is 0. The van der Waals surface area contributed by atoms with Crippen molar-refractivity contribution in [2.45, 2.75) is 46.5 Å². The van der Waals surface area contributed by atoms with Crippen LogP contribution in [0.2, 0.25) is 0 Å². The molecule has 0 radical (unpaired) electrons. The normalized spacial score (nSPS) is 23.0. The second kappa shape index (κ2) is 6.84. The van der Waals surface area contributed by atoms with E-state index in [4.69, 9.17) is 0 Å². The number of hydrogen-bond acceptors (Lipinski definition) is 3. The topological polar surface area (TPSA) is 54.5 Å². The quantitative estimate of drug-likeness (QED) is 0.615. The number of nitrogens with zero attached hydrogens (tertiary/aromatic N) is 1. The summed E-state index contributed by atoms with van der Waals surface area (Å²) in [5.41, 5.74) is 2.50. The molecule has 0 aliphatic heterocycles. The molecule has 1 aromatic rings. The first-order valence-corrected chi connectivity index (χ1v) is 8.42. The van der Waals surface area contributed by atoms with Gasteiger partial charge in [0.15, 0.2) is 0 Å². The number of aryl methyl sites for hydroxylation is 2. The van der Waals surface area contributed by atoms with E-state index in [-0.39, 0.29) is 30.3 Å². The Morgan fingerprint density at radius 2 is 1.60 bits per heavy atom. The van der Waals surface area contributed by atoms with Crippen molar-refractivity contribution in [3.8, 4) is 11.8 Å². The number of carbonyl (C=O) groups excluding carboxylic acids is 3. The van der Waals surface area contributed by atoms with Gasteiger partial charge in [-0.3, -0.25) is 14.4 Å². The van der Waals surface area contributed by atoms with E-state index in [1.165, 1.54) is 4.90 Å². The molecule has 1 aliphatic carbocycles. The highest BCUT2D eigenvalue weighted by Gasteiger charge is 2.48. The Bertz CT molecular complexity index is 767. The van der Waals surface area contributed by atoms with Crippen LogP contribution in [0, 0.1) is 31.1 Å². The zero-order valence-electron chi connectivity index (χ0n) is 15.8. The molecule has 0 aromatic heterocycles. The second-order valence-electron chi connectivity index (χ2n) is 7.38. The van der Waals surface area contributed by atoms with Gasteiger partial charge in [0.25, 0.3) is 0 Å². The molecule has 0 N–H and O–H groups in total. The third-order valence-electron chi connectivity index (χ3n) is 4.85. The molecule has 0 bridgehead atoms. The molecular formula is C21H25NO3. The minimum atomic E-state index is -0.941. The minimum Gasteiger partial charge on any atom is -0.348 e. The van der Waals surface area contributed by atoms with Crippen LogP contribution in [-0.2, 0) is 14.4 Å². The molecule has 1 amide bonds. The Morgan fingerprint density at radius 1 is 1.12 bits per heavy atom. The molecule has 0 spiro atoms. The predicted octanol–water partition coefficient (Wildman–Crippen LogP) is 2.78. The van der Waals surface area contributed by atoms with Crippen molar-refractivity contribution in [2.75, 3.05) is 14.1 Å². The van der Waals surface area contributed by atoms with Gasteiger partial charge in [-0.2, -0.15) is 0 Å². The molecule has 1 aliphatic rings. The first kappa shape index (κ1) is 18.9. The Labute approximate surface area is 149 Å². The van der Waals surface area contributed by atoms with Crippen LogP contribution in [0.5, 0.6) is 0 Å². The van der Waals surface area contributed by atoms with Gasteiger partial charge in [0, 0.05) is 32.5 Å². The number of Topliss-reactive ketones (excluding diaryl/α,β-unsaturated/α-hetero) is 2. The fourth-order valence-electron chi connectivity index (χ4n) is 3.87. The molecule has 4 heteroatoms. The monoisotopic (exact) mass is 339 g/mol. The summed E-state index contributed by atoms with van der Waals surface area (Å²) in [5.74, 6) is 4.59. The van der Waals surface area contributed by atoms with Gasteiger partial charge in [-0.05, 0) is 56.5 Å². The molecule has 1 fully saturated rings. The number of rotatable bonds is 2. The zero-order chi connectivity index (χ0) is 18.9. The van der Waals surface area contributed by atoms with Crippen molar-refractivity contribution < 1.29 is 14.4 Å². The molecule has 1 saturated carbocycles. The van der Waals surface area contributed by atoms with Crippen molar-refractivity contribution in [3.63, 3.8) is 0 Å². The Hall–Kier alpha value is -2.41. The highest BCUT2D eigenvalue weighted by atomic mass is 16.2. The smallest absolute Gasteiger partial charge is 0.228 e. The number of ketones is 2. The standard InChI is InChI=1S/C21H25NO3/c1-7-8-15-9-13(2)18(14(3)10-15)19-16(23)11-21(4,12-17(19)24)20(25)22(5)6/h9-10,19H,11-12H2,1-6H3. The summed E-state index contributed by atoms with van der Waals surface area (Å²) in [5, 5.41) is 0. The van der Waals surface area contributed by atoms with Gasteiger partial charge in [0.1, 0.15) is 17.5 Å². The highest BCUT2D eigenvalue weighted by Crippen LogP contribution is 2.41. The van der Waals surface area contributed by atoms with E-state index in [0.717, 1.165) is 22.3 Å². The van der Waals surface area contributed by atoms with Gasteiger partial charge in [-0.25, -0.2) is 0 Å². The maximum Gasteiger partial charge on any atom is 0.228 e. The number of amides is 1. The van der Waals surface area contributed by atoms with Crippen molar-refractivity contribution in [1.29, 1.82) is 0 Å². The average Bonchev–Trinajstić information content (AvgIpc) is 2.48. The maximum atomic E-state index is 12.8. The molecule has 0 saturated heterocycles. The summed E-state index contributed by atoms with van der Waals surface area (Å²) in [6.45, 7) is 7.29. The molecule has 0 atom stereocenters. The summed E-state index contributed by atoms with van der Waals surface area (Å²) in [4.78, 5) is 39.6. The Kier molecular flexibility index (Phi) is 5.17. The lowest BCUT2D eigenvalue weighted by molar-refractivity contribution is -0.149. The Morgan fingerprint density at radius 3 is 2.00 bits per heavy atom. The number of hydrogen-bond donors (Lipinski definition) is 0. The van der Waals surface area contributed by atoms with Crippen LogP contribution in [0.15, 0.2) is 12.1 Å². The predicted molar refractivity (Wildman–Crippen MR) is 97.3 cm³/mol. The van der Waals surface area contributed by atoms with Gasteiger partial charge in [-0.15, -0.1) is 5.92 Å². The lowest BCUT2D eigenvalue weighted by atomic mass is 9.66. The van der Waals surface area contributed by atoms with E-state index in [2.05, 4.69) is 11.8 Å². The second-order valence-corrected chi connectivity index (χ2v) is 7.38. The first-order valence-electron chi connectivity index (χ1n) is 8.42. The Balaban J connectivity index is 2.43. The van der Waals surface area contributed by atoms with Crippen LogP contribution >= 0.6 is 0 Å². The first-order chi connectivity index (χ1) is 11.6. The van der Waals surface area contributed by atoms with Crippen LogP contribution in [0.1, 0.15) is 54.9 Å². The van der Waals surface area contributed by atoms with E-state index in [0.29, 0.717) is 0 Å². The fourth-order valence-corrected chi connectivity index (χ4v) is 3.87. The van der Waals surface area contributed by atoms with Gasteiger partial charge in [-0.1, -0.05) is 5.92 Å². The van der Waals surface area contributed by atoms with E-state index >= 15 is 0 Å². The highest BCUT2D eigenvalue weighted by molar-refractivity contribution is 6.13. The fraction of sp³-hybridized carbons (Fsp3) is 0.476. The van der Waals surface area contributed by atoms with E-state index < -0.39 is 11.3 Å². The van der Waals surface area contributed by atoms with Crippen LogP contribution in [0.3, 0.4) is 0 Å². The van der Waals surface area contributed by atoms with Gasteiger partial charge < -0.3 is 4.90 Å². The summed E-state index contributed by atoms with van der Waals surface area (Å²) >= 11 is 0. The lowest BCUT2D eigenvalue weighted by Gasteiger charge is -2.36. The third kappa shape index (κ3) is 3.51. The maximum absolute atomic E-state index is 12.8. The van der Waals surface area contributed by atoms with Crippen molar-refractivity contribution in [2.24, 2.45) is 5.41 Å². The molecule has 25 heavy (non-hydrogen) atoms. The minimum absolute atomic E-state index is 0.0931. The average molecular weight is 339 g/mol. The van der Waals surface area contributed by atoms with Crippen LogP contribution in [-0.4, -0.2) is 36.5 Å². The zero-order valence-corrected chi connectivity index (χ0v) is 15.8. The van der Waals surface area contributed by atoms with E-state index in [9.17, 15) is 14.4 Å². The molecule has 2 rings (SSSR count). The lowest BCUT2D eigenvalue weighted by Crippen LogP contribution is -2.47. The van der Waals surface area contributed by atoms with Crippen molar-refractivity contribution in [3.05, 3.63) is 34.4 Å². The summed E-state index contributed by atoms with van der Waals surface area (Å²) in [7, 11) is 3.30. The SMILES string of the molecule is CC#Cc1cc(C)c(C2C(=O)CC(C)(C(=O)N(C)C)CC2=O)c(C)c1. The van der Waals surface area contributed by atoms with Gasteiger partial charge >= 0.3 is 0 Å². The van der Waals surface area contributed by atoms with Crippen LogP contribution in [0.25, 0.3) is 0 Å². The van der Waals surface area contributed by atoms with E-state index in [1.54, 1.807) is 27.9 Å². The van der Waals surface area contributed by atoms with E-state index in [1.807, 2.05) is 26.0 Å². The molecule has 0 unspecified atom stereocenters. The summed E-state index contributed by atoms with van der Waals surface area (Å²) in [6.07, 6.45) is 0.186.